The van der Waals surface area contributed by atoms with Crippen LogP contribution >= 0.6 is 23.2 Å². The molecule has 0 heterocycles. The van der Waals surface area contributed by atoms with Crippen LogP contribution in [0.4, 0.5) is 20.2 Å². The molecule has 8 heteroatoms. The summed E-state index contributed by atoms with van der Waals surface area (Å²) < 4.78 is 26.3. The summed E-state index contributed by atoms with van der Waals surface area (Å²) in [6, 6.07) is 7.39. The van der Waals surface area contributed by atoms with Crippen molar-refractivity contribution in [3.8, 4) is 0 Å². The minimum atomic E-state index is -0.630. The van der Waals surface area contributed by atoms with Gasteiger partial charge in [0.1, 0.15) is 18.2 Å². The first-order chi connectivity index (χ1) is 11.3. The van der Waals surface area contributed by atoms with Crippen LogP contribution in [0.25, 0.3) is 0 Å². The number of carbonyl (C=O) groups is 2. The van der Waals surface area contributed by atoms with E-state index < -0.39 is 23.4 Å². The average Bonchev–Trinajstić information content (AvgIpc) is 2.51. The quantitative estimate of drug-likeness (QED) is 0.871. The Morgan fingerprint density at radius 1 is 1.04 bits per heavy atom. The van der Waals surface area contributed by atoms with Gasteiger partial charge in [-0.3, -0.25) is 9.59 Å². The number of amides is 2. The summed E-state index contributed by atoms with van der Waals surface area (Å²) in [4.78, 5) is 25.0. The summed E-state index contributed by atoms with van der Waals surface area (Å²) in [5.74, 6) is -2.20. The lowest BCUT2D eigenvalue weighted by Crippen LogP contribution is -2.36. The van der Waals surface area contributed by atoms with Gasteiger partial charge in [0.2, 0.25) is 11.8 Å². The number of rotatable bonds is 4. The van der Waals surface area contributed by atoms with Gasteiger partial charge in [-0.2, -0.15) is 0 Å². The molecule has 0 spiro atoms. The molecule has 2 aromatic carbocycles. The summed E-state index contributed by atoms with van der Waals surface area (Å²) in [6.45, 7) is 0.936. The molecule has 0 aliphatic carbocycles. The molecule has 24 heavy (non-hydrogen) atoms. The highest BCUT2D eigenvalue weighted by Crippen LogP contribution is 2.23. The fourth-order valence-electron chi connectivity index (χ4n) is 1.96. The number of halogens is 4. The van der Waals surface area contributed by atoms with Crippen LogP contribution in [0.15, 0.2) is 36.4 Å². The van der Waals surface area contributed by atoms with Gasteiger partial charge < -0.3 is 10.2 Å². The molecule has 0 aliphatic rings. The van der Waals surface area contributed by atoms with Crippen LogP contribution in [0.2, 0.25) is 10.0 Å². The van der Waals surface area contributed by atoms with Crippen molar-refractivity contribution in [1.29, 1.82) is 0 Å². The Morgan fingerprint density at radius 2 is 1.62 bits per heavy atom. The number of hydrogen-bond donors (Lipinski definition) is 1. The highest BCUT2D eigenvalue weighted by atomic mass is 35.5. The Hall–Kier alpha value is -2.18. The average molecular weight is 373 g/mol. The fraction of sp³-hybridized carbons (Fsp3) is 0.125. The Balaban J connectivity index is 2.15. The molecule has 2 amide bonds. The molecule has 0 aromatic heterocycles. The number of carbonyl (C=O) groups excluding carboxylic acids is 2. The second kappa shape index (κ2) is 7.59. The Labute approximate surface area is 147 Å². The minimum Gasteiger partial charge on any atom is -0.324 e. The Bertz CT molecular complexity index is 800. The lowest BCUT2D eigenvalue weighted by Gasteiger charge is -2.21. The van der Waals surface area contributed by atoms with Gasteiger partial charge in [0.05, 0.1) is 10.0 Å². The Kier molecular flexibility index (Phi) is 5.75. The van der Waals surface area contributed by atoms with E-state index in [9.17, 15) is 18.4 Å². The predicted molar refractivity (Wildman–Crippen MR) is 89.5 cm³/mol. The van der Waals surface area contributed by atoms with Crippen molar-refractivity contribution in [2.45, 2.75) is 6.92 Å². The molecule has 0 bridgehead atoms. The van der Waals surface area contributed by atoms with Crippen LogP contribution in [0, 0.1) is 11.6 Å². The first kappa shape index (κ1) is 18.2. The van der Waals surface area contributed by atoms with Crippen LogP contribution in [0.1, 0.15) is 6.92 Å². The first-order valence-electron chi connectivity index (χ1n) is 6.76. The van der Waals surface area contributed by atoms with E-state index in [2.05, 4.69) is 5.32 Å². The Morgan fingerprint density at radius 3 is 2.17 bits per heavy atom. The van der Waals surface area contributed by atoms with E-state index in [0.29, 0.717) is 0 Å². The lowest BCUT2D eigenvalue weighted by atomic mass is 10.2. The third-order valence-electron chi connectivity index (χ3n) is 3.10. The second-order valence-electron chi connectivity index (χ2n) is 4.88. The normalized spacial score (nSPS) is 10.4. The summed E-state index contributed by atoms with van der Waals surface area (Å²) in [5.41, 5.74) is 0.563. The number of nitrogens with zero attached hydrogens (tertiary/aromatic N) is 1. The zero-order chi connectivity index (χ0) is 17.9. The van der Waals surface area contributed by atoms with E-state index in [0.717, 1.165) is 17.0 Å². The molecule has 1 N–H and O–H groups in total. The first-order valence-corrected chi connectivity index (χ1v) is 7.51. The zero-order valence-corrected chi connectivity index (χ0v) is 14.0. The van der Waals surface area contributed by atoms with E-state index in [1.807, 2.05) is 0 Å². The maximum Gasteiger partial charge on any atom is 0.244 e. The SMILES string of the molecule is CC(=O)N(CC(=O)Nc1ccc(F)c(Cl)c1)c1ccc(F)c(Cl)c1. The van der Waals surface area contributed by atoms with Crippen molar-refractivity contribution in [3.05, 3.63) is 58.1 Å². The van der Waals surface area contributed by atoms with Crippen molar-refractivity contribution in [1.82, 2.24) is 0 Å². The van der Waals surface area contributed by atoms with Crippen LogP contribution < -0.4 is 10.2 Å². The van der Waals surface area contributed by atoms with Gasteiger partial charge in [-0.25, -0.2) is 8.78 Å². The van der Waals surface area contributed by atoms with Gasteiger partial charge >= 0.3 is 0 Å². The van der Waals surface area contributed by atoms with Crippen molar-refractivity contribution in [3.63, 3.8) is 0 Å². The van der Waals surface area contributed by atoms with E-state index in [-0.39, 0.29) is 28.0 Å². The molecule has 0 aliphatic heterocycles. The van der Waals surface area contributed by atoms with Gasteiger partial charge in [-0.05, 0) is 36.4 Å². The molecule has 2 rings (SSSR count). The molecule has 0 saturated heterocycles. The molecule has 0 atom stereocenters. The van der Waals surface area contributed by atoms with Crippen molar-refractivity contribution in [2.24, 2.45) is 0 Å². The standard InChI is InChI=1S/C16H12Cl2F2N2O2/c1-9(23)22(11-3-5-15(20)13(18)7-11)8-16(24)21-10-2-4-14(19)12(17)6-10/h2-7H,8H2,1H3,(H,21,24). The van der Waals surface area contributed by atoms with Gasteiger partial charge in [-0.1, -0.05) is 23.2 Å². The highest BCUT2D eigenvalue weighted by Gasteiger charge is 2.17. The van der Waals surface area contributed by atoms with Gasteiger partial charge in [0, 0.05) is 18.3 Å². The third kappa shape index (κ3) is 4.43. The smallest absolute Gasteiger partial charge is 0.244 e. The largest absolute Gasteiger partial charge is 0.324 e. The molecular formula is C16H12Cl2F2N2O2. The molecule has 2 aromatic rings. The maximum atomic E-state index is 13.2. The van der Waals surface area contributed by atoms with Crippen molar-refractivity contribution >= 4 is 46.4 Å². The van der Waals surface area contributed by atoms with Crippen LogP contribution in [0.5, 0.6) is 0 Å². The molecule has 0 fully saturated rings. The molecule has 126 valence electrons. The van der Waals surface area contributed by atoms with E-state index in [4.69, 9.17) is 23.2 Å². The molecular weight excluding hydrogens is 361 g/mol. The summed E-state index contributed by atoms with van der Waals surface area (Å²) in [6.07, 6.45) is 0. The molecule has 0 saturated carbocycles. The molecule has 0 unspecified atom stereocenters. The fourth-order valence-corrected chi connectivity index (χ4v) is 2.31. The topological polar surface area (TPSA) is 49.4 Å². The van der Waals surface area contributed by atoms with E-state index >= 15 is 0 Å². The third-order valence-corrected chi connectivity index (χ3v) is 3.68. The molecule has 4 nitrogen and oxygen atoms in total. The zero-order valence-electron chi connectivity index (χ0n) is 12.4. The minimum absolute atomic E-state index is 0.137. The monoisotopic (exact) mass is 372 g/mol. The van der Waals surface area contributed by atoms with E-state index in [1.54, 1.807) is 0 Å². The maximum absolute atomic E-state index is 13.2. The number of nitrogens with one attached hydrogen (secondary N) is 1. The van der Waals surface area contributed by atoms with Crippen molar-refractivity contribution < 1.29 is 18.4 Å². The molecule has 0 radical (unpaired) electrons. The van der Waals surface area contributed by atoms with Crippen LogP contribution in [0.3, 0.4) is 0 Å². The van der Waals surface area contributed by atoms with Gasteiger partial charge in [0.15, 0.2) is 0 Å². The lowest BCUT2D eigenvalue weighted by molar-refractivity contribution is -0.120. The van der Waals surface area contributed by atoms with Crippen molar-refractivity contribution in [2.75, 3.05) is 16.8 Å². The van der Waals surface area contributed by atoms with E-state index in [1.165, 1.54) is 31.2 Å². The van der Waals surface area contributed by atoms with Gasteiger partial charge in [0.25, 0.3) is 0 Å². The van der Waals surface area contributed by atoms with Crippen LogP contribution in [-0.4, -0.2) is 18.4 Å². The number of anilines is 2. The van der Waals surface area contributed by atoms with Gasteiger partial charge in [-0.15, -0.1) is 0 Å². The highest BCUT2D eigenvalue weighted by molar-refractivity contribution is 6.31. The summed E-state index contributed by atoms with van der Waals surface area (Å²) in [7, 11) is 0. The summed E-state index contributed by atoms with van der Waals surface area (Å²) in [5, 5.41) is 2.20. The predicted octanol–water partition coefficient (Wildman–Crippen LogP) is 4.26. The number of hydrogen-bond acceptors (Lipinski definition) is 2. The number of benzene rings is 2. The second-order valence-corrected chi connectivity index (χ2v) is 5.70. The summed E-state index contributed by atoms with van der Waals surface area (Å²) >= 11 is 11.3. The van der Waals surface area contributed by atoms with Crippen LogP contribution in [-0.2, 0) is 9.59 Å².